The Balaban J connectivity index is 2.25. The highest BCUT2D eigenvalue weighted by Gasteiger charge is 2.46. The Kier molecular flexibility index (Phi) is 2.64. The van der Waals surface area contributed by atoms with Crippen LogP contribution in [-0.4, -0.2) is 45.6 Å². The van der Waals surface area contributed by atoms with Gasteiger partial charge < -0.3 is 15.5 Å². The van der Waals surface area contributed by atoms with Crippen LogP contribution < -0.4 is 11.2 Å². The third-order valence-corrected chi connectivity index (χ3v) is 3.72. The van der Waals surface area contributed by atoms with E-state index in [2.05, 4.69) is 10.5 Å². The van der Waals surface area contributed by atoms with Crippen molar-refractivity contribution >= 4 is 23.0 Å². The zero-order chi connectivity index (χ0) is 11.0. The second-order valence-corrected chi connectivity index (χ2v) is 4.52. The predicted octanol–water partition coefficient (Wildman–Crippen LogP) is -0.0179. The molecule has 0 aromatic heterocycles. The summed E-state index contributed by atoms with van der Waals surface area (Å²) in [4.78, 5) is 15.5. The van der Waals surface area contributed by atoms with Crippen LogP contribution in [0.25, 0.3) is 0 Å². The van der Waals surface area contributed by atoms with E-state index < -0.39 is 0 Å². The third-order valence-electron chi connectivity index (χ3n) is 2.63. The third kappa shape index (κ3) is 1.50. The minimum absolute atomic E-state index is 0.0416. The van der Waals surface area contributed by atoms with Crippen LogP contribution in [0.15, 0.2) is 5.10 Å². The molecule has 1 saturated heterocycles. The fourth-order valence-electron chi connectivity index (χ4n) is 1.91. The molecule has 6 nitrogen and oxygen atoms in total. The normalized spacial score (nSPS) is 30.0. The summed E-state index contributed by atoms with van der Waals surface area (Å²) < 4.78 is 0. The number of carbonyl (C=O) groups excluding carboxylic acids is 1. The van der Waals surface area contributed by atoms with Crippen LogP contribution >= 0.6 is 11.8 Å². The first-order chi connectivity index (χ1) is 7.19. The molecule has 84 valence electrons. The van der Waals surface area contributed by atoms with Crippen molar-refractivity contribution in [2.24, 2.45) is 10.8 Å². The van der Waals surface area contributed by atoms with E-state index in [1.54, 1.807) is 4.90 Å². The number of hydrogen-bond acceptors (Lipinski definition) is 5. The van der Waals surface area contributed by atoms with E-state index in [0.29, 0.717) is 18.3 Å². The van der Waals surface area contributed by atoms with Crippen LogP contribution in [0.5, 0.6) is 0 Å². The van der Waals surface area contributed by atoms with Gasteiger partial charge in [0.25, 0.3) is 0 Å². The predicted molar refractivity (Wildman–Crippen MR) is 60.1 cm³/mol. The molecule has 0 aromatic carbocycles. The number of nitrogens with two attached hydrogens (primary N) is 1. The van der Waals surface area contributed by atoms with E-state index in [1.807, 2.05) is 18.7 Å². The second kappa shape index (κ2) is 3.80. The Labute approximate surface area is 92.8 Å². The Morgan fingerprint density at radius 3 is 2.73 bits per heavy atom. The largest absolute Gasteiger partial charge is 0.377 e. The number of likely N-dealkylation sites (N-methyl/N-ethyl adjacent to an activating group) is 2. The van der Waals surface area contributed by atoms with E-state index in [1.165, 1.54) is 11.8 Å². The number of urea groups is 1. The number of hydrazone groups is 1. The molecule has 0 bridgehead atoms. The number of amidine groups is 1. The molecule has 2 rings (SSSR count). The molecule has 1 fully saturated rings. The average molecular weight is 229 g/mol. The van der Waals surface area contributed by atoms with Gasteiger partial charge in [0.2, 0.25) is 0 Å². The quantitative estimate of drug-likeness (QED) is 0.698. The van der Waals surface area contributed by atoms with Gasteiger partial charge in [-0.2, -0.15) is 5.10 Å². The summed E-state index contributed by atoms with van der Waals surface area (Å²) in [5.41, 5.74) is 8.57. The number of hydrogen-bond donors (Lipinski definition) is 2. The molecule has 2 amide bonds. The summed E-state index contributed by atoms with van der Waals surface area (Å²) >= 11 is 1.44. The summed E-state index contributed by atoms with van der Waals surface area (Å²) in [5.74, 6) is 0. The van der Waals surface area contributed by atoms with Gasteiger partial charge in [-0.15, -0.1) is 0 Å². The molecule has 2 aliphatic rings. The highest BCUT2D eigenvalue weighted by atomic mass is 32.2. The van der Waals surface area contributed by atoms with Crippen LogP contribution in [0.4, 0.5) is 4.79 Å². The second-order valence-electron chi connectivity index (χ2n) is 3.39. The van der Waals surface area contributed by atoms with Gasteiger partial charge in [-0.05, 0) is 13.8 Å². The van der Waals surface area contributed by atoms with Crippen molar-refractivity contribution < 1.29 is 4.79 Å². The molecule has 0 aliphatic carbocycles. The first-order valence-electron chi connectivity index (χ1n) is 5.01. The maximum atomic E-state index is 11.9. The highest BCUT2D eigenvalue weighted by Crippen LogP contribution is 2.31. The van der Waals surface area contributed by atoms with Crippen molar-refractivity contribution in [2.45, 2.75) is 25.4 Å². The molecular weight excluding hydrogens is 214 g/mol. The summed E-state index contributed by atoms with van der Waals surface area (Å²) in [7, 11) is 0. The summed E-state index contributed by atoms with van der Waals surface area (Å²) in [6.45, 7) is 5.30. The number of nitrogens with zero attached hydrogens (tertiary/aromatic N) is 3. The monoisotopic (exact) mass is 229 g/mol. The van der Waals surface area contributed by atoms with Crippen molar-refractivity contribution in [3.8, 4) is 0 Å². The minimum atomic E-state index is -0.0558. The Morgan fingerprint density at radius 1 is 1.47 bits per heavy atom. The lowest BCUT2D eigenvalue weighted by Gasteiger charge is -2.29. The van der Waals surface area contributed by atoms with E-state index >= 15 is 0 Å². The van der Waals surface area contributed by atoms with Crippen LogP contribution in [0.1, 0.15) is 13.8 Å². The number of amides is 2. The fraction of sp³-hybridized carbons (Fsp3) is 0.750. The maximum Gasteiger partial charge on any atom is 0.322 e. The summed E-state index contributed by atoms with van der Waals surface area (Å²) in [6.07, 6.45) is -0.0558. The molecule has 2 unspecified atom stereocenters. The number of nitrogens with one attached hydrogen (secondary N) is 1. The van der Waals surface area contributed by atoms with Crippen LogP contribution in [0.2, 0.25) is 0 Å². The standard InChI is InChI=1S/C8H15N5OS/c1-3-12-5-6(13(4-2)8(12)14)15-7(9)11-10-5/h5-6,10H,3-4H2,1-2H3,(H2,9,11). The van der Waals surface area contributed by atoms with Crippen LogP contribution in [0, 0.1) is 0 Å². The first kappa shape index (κ1) is 10.4. The molecule has 0 aromatic rings. The molecule has 0 spiro atoms. The van der Waals surface area contributed by atoms with Gasteiger partial charge >= 0.3 is 6.03 Å². The molecule has 7 heteroatoms. The van der Waals surface area contributed by atoms with Gasteiger partial charge in [-0.1, -0.05) is 11.8 Å². The van der Waals surface area contributed by atoms with E-state index in [-0.39, 0.29) is 17.6 Å². The topological polar surface area (TPSA) is 74.0 Å². The highest BCUT2D eigenvalue weighted by molar-refractivity contribution is 8.14. The zero-order valence-electron chi connectivity index (χ0n) is 8.80. The lowest BCUT2D eigenvalue weighted by Crippen LogP contribution is -2.48. The molecule has 2 heterocycles. The molecule has 0 radical (unpaired) electrons. The van der Waals surface area contributed by atoms with Crippen LogP contribution in [-0.2, 0) is 0 Å². The number of rotatable bonds is 2. The lowest BCUT2D eigenvalue weighted by atomic mass is 10.4. The van der Waals surface area contributed by atoms with Gasteiger partial charge in [-0.3, -0.25) is 5.43 Å². The Bertz CT molecular complexity index is 307. The first-order valence-corrected chi connectivity index (χ1v) is 5.89. The SMILES string of the molecule is CCN1C(=O)N(CC)C2SC(N)=NNC21. The van der Waals surface area contributed by atoms with Gasteiger partial charge in [0.1, 0.15) is 11.5 Å². The number of thioether (sulfide) groups is 1. The molecular formula is C8H15N5OS. The maximum absolute atomic E-state index is 11.9. The fourth-order valence-corrected chi connectivity index (χ4v) is 2.96. The van der Waals surface area contributed by atoms with E-state index in [4.69, 9.17) is 5.73 Å². The molecule has 2 aliphatic heterocycles. The van der Waals surface area contributed by atoms with Gasteiger partial charge in [0.05, 0.1) is 0 Å². The molecule has 0 saturated carbocycles. The van der Waals surface area contributed by atoms with Crippen molar-refractivity contribution in [3.05, 3.63) is 0 Å². The Hall–Kier alpha value is -1.11. The molecule has 3 N–H and O–H groups in total. The number of carbonyl (C=O) groups is 1. The summed E-state index contributed by atoms with van der Waals surface area (Å²) in [5, 5.41) is 4.49. The van der Waals surface area contributed by atoms with Gasteiger partial charge in [-0.25, -0.2) is 4.79 Å². The van der Waals surface area contributed by atoms with Crippen molar-refractivity contribution in [3.63, 3.8) is 0 Å². The lowest BCUT2D eigenvalue weighted by molar-refractivity contribution is 0.186. The van der Waals surface area contributed by atoms with Crippen molar-refractivity contribution in [1.82, 2.24) is 15.2 Å². The van der Waals surface area contributed by atoms with E-state index in [0.717, 1.165) is 0 Å². The van der Waals surface area contributed by atoms with Crippen molar-refractivity contribution in [1.29, 1.82) is 0 Å². The average Bonchev–Trinajstić information content (AvgIpc) is 2.48. The zero-order valence-corrected chi connectivity index (χ0v) is 9.62. The van der Waals surface area contributed by atoms with Crippen LogP contribution in [0.3, 0.4) is 0 Å². The smallest absolute Gasteiger partial charge is 0.322 e. The Morgan fingerprint density at radius 2 is 2.13 bits per heavy atom. The van der Waals surface area contributed by atoms with Crippen molar-refractivity contribution in [2.75, 3.05) is 13.1 Å². The summed E-state index contributed by atoms with van der Waals surface area (Å²) in [6, 6.07) is 0.0555. The number of fused-ring (bicyclic) bond motifs is 1. The van der Waals surface area contributed by atoms with Gasteiger partial charge in [0.15, 0.2) is 5.17 Å². The van der Waals surface area contributed by atoms with Gasteiger partial charge in [0, 0.05) is 13.1 Å². The molecule has 15 heavy (non-hydrogen) atoms. The minimum Gasteiger partial charge on any atom is -0.377 e. The molecule has 2 atom stereocenters. The van der Waals surface area contributed by atoms with E-state index in [9.17, 15) is 4.79 Å².